The number of urea groups is 1. The van der Waals surface area contributed by atoms with E-state index >= 15 is 0 Å². The van der Waals surface area contributed by atoms with E-state index in [0.29, 0.717) is 18.5 Å². The van der Waals surface area contributed by atoms with Gasteiger partial charge in [-0.25, -0.2) is 4.79 Å². The smallest absolute Gasteiger partial charge is 0.326 e. The Morgan fingerprint density at radius 3 is 2.58 bits per heavy atom. The van der Waals surface area contributed by atoms with Crippen LogP contribution < -0.4 is 10.6 Å². The summed E-state index contributed by atoms with van der Waals surface area (Å²) in [5, 5.41) is 5.51. The molecule has 8 nitrogen and oxygen atoms in total. The minimum Gasteiger partial charge on any atom is -0.454 e. The normalized spacial score (nSPS) is 24.8. The molecule has 2 N–H and O–H groups in total. The monoisotopic (exact) mass is 429 g/mol. The van der Waals surface area contributed by atoms with Crippen molar-refractivity contribution in [3.05, 3.63) is 29.3 Å². The van der Waals surface area contributed by atoms with Crippen LogP contribution in [-0.2, 0) is 19.1 Å². The number of aryl methyl sites for hydroxylation is 2. The summed E-state index contributed by atoms with van der Waals surface area (Å²) in [4.78, 5) is 50.8. The van der Waals surface area contributed by atoms with E-state index < -0.39 is 42.5 Å². The number of rotatable bonds is 5. The van der Waals surface area contributed by atoms with Crippen LogP contribution >= 0.6 is 0 Å². The maximum atomic E-state index is 13.1. The summed E-state index contributed by atoms with van der Waals surface area (Å²) in [6.45, 7) is 9.03. The number of nitrogens with zero attached hydrogens (tertiary/aromatic N) is 1. The average molecular weight is 430 g/mol. The van der Waals surface area contributed by atoms with Crippen LogP contribution in [0.15, 0.2) is 18.2 Å². The number of anilines is 1. The Morgan fingerprint density at radius 2 is 1.94 bits per heavy atom. The molecule has 1 saturated heterocycles. The highest BCUT2D eigenvalue weighted by atomic mass is 16.5. The Bertz CT molecular complexity index is 926. The van der Waals surface area contributed by atoms with E-state index in [2.05, 4.69) is 31.4 Å². The van der Waals surface area contributed by atoms with Crippen LogP contribution in [0, 0.1) is 25.2 Å². The van der Waals surface area contributed by atoms with E-state index in [1.807, 2.05) is 26.0 Å². The number of imide groups is 1. The van der Waals surface area contributed by atoms with Crippen molar-refractivity contribution >= 4 is 29.5 Å². The fourth-order valence-electron chi connectivity index (χ4n) is 5.11. The van der Waals surface area contributed by atoms with E-state index in [9.17, 15) is 19.2 Å². The van der Waals surface area contributed by atoms with E-state index in [1.54, 1.807) is 6.07 Å². The van der Waals surface area contributed by atoms with Gasteiger partial charge in [-0.1, -0.05) is 38.5 Å². The Morgan fingerprint density at radius 1 is 1.23 bits per heavy atom. The van der Waals surface area contributed by atoms with Crippen molar-refractivity contribution in [2.24, 2.45) is 11.3 Å². The number of amides is 4. The van der Waals surface area contributed by atoms with Crippen LogP contribution in [0.5, 0.6) is 0 Å². The molecule has 8 heteroatoms. The largest absolute Gasteiger partial charge is 0.454 e. The molecule has 0 unspecified atom stereocenters. The summed E-state index contributed by atoms with van der Waals surface area (Å²) in [5.41, 5.74) is 1.54. The standard InChI is InChI=1S/C23H31N3O5/c1-14-6-7-17(16(3)8-14)24-18(27)12-31-19(28)11-26-20(29)23(25-21(26)30)10-15(2)9-22(4,5)13-23/h6-8,15H,9-13H2,1-5H3,(H,24,27)(H,25,30)/t15-,23+/m0/s1. The average Bonchev–Trinajstić information content (AvgIpc) is 2.84. The molecule has 1 spiro atoms. The fourth-order valence-corrected chi connectivity index (χ4v) is 5.11. The molecule has 4 amide bonds. The molecule has 1 aromatic rings. The second-order valence-electron chi connectivity index (χ2n) is 9.79. The van der Waals surface area contributed by atoms with Crippen LogP contribution in [0.1, 0.15) is 51.2 Å². The van der Waals surface area contributed by atoms with Gasteiger partial charge in [0.25, 0.3) is 11.8 Å². The Balaban J connectivity index is 1.56. The zero-order valence-electron chi connectivity index (χ0n) is 18.8. The van der Waals surface area contributed by atoms with Gasteiger partial charge in [-0.3, -0.25) is 19.3 Å². The van der Waals surface area contributed by atoms with Crippen molar-refractivity contribution in [1.82, 2.24) is 10.2 Å². The van der Waals surface area contributed by atoms with Crippen LogP contribution in [-0.4, -0.2) is 47.4 Å². The van der Waals surface area contributed by atoms with Crippen LogP contribution in [0.4, 0.5) is 10.5 Å². The Labute approximate surface area is 182 Å². The molecule has 2 fully saturated rings. The first-order valence-electron chi connectivity index (χ1n) is 10.6. The summed E-state index contributed by atoms with van der Waals surface area (Å²) in [6.07, 6.45) is 2.04. The van der Waals surface area contributed by atoms with E-state index in [-0.39, 0.29) is 11.3 Å². The minimum atomic E-state index is -0.973. The summed E-state index contributed by atoms with van der Waals surface area (Å²) in [5.74, 6) is -1.42. The summed E-state index contributed by atoms with van der Waals surface area (Å²) in [7, 11) is 0. The second-order valence-corrected chi connectivity index (χ2v) is 9.79. The van der Waals surface area contributed by atoms with E-state index in [1.165, 1.54) is 0 Å². The van der Waals surface area contributed by atoms with Crippen molar-refractivity contribution in [2.45, 2.75) is 59.4 Å². The number of benzene rings is 1. The number of hydrogen-bond acceptors (Lipinski definition) is 5. The third kappa shape index (κ3) is 5.06. The lowest BCUT2D eigenvalue weighted by Gasteiger charge is -2.43. The van der Waals surface area contributed by atoms with Crippen molar-refractivity contribution in [3.8, 4) is 0 Å². The number of carbonyl (C=O) groups is 4. The lowest BCUT2D eigenvalue weighted by Crippen LogP contribution is -2.54. The van der Waals surface area contributed by atoms with Gasteiger partial charge in [-0.15, -0.1) is 0 Å². The van der Waals surface area contributed by atoms with Crippen molar-refractivity contribution in [3.63, 3.8) is 0 Å². The highest BCUT2D eigenvalue weighted by Gasteiger charge is 2.56. The Hall–Kier alpha value is -2.90. The first-order chi connectivity index (χ1) is 14.4. The van der Waals surface area contributed by atoms with Gasteiger partial charge in [0.05, 0.1) is 0 Å². The molecule has 168 valence electrons. The molecule has 1 saturated carbocycles. The molecular formula is C23H31N3O5. The minimum absolute atomic E-state index is 0.0939. The number of hydrogen-bond donors (Lipinski definition) is 2. The first-order valence-corrected chi connectivity index (χ1v) is 10.6. The second kappa shape index (κ2) is 8.32. The predicted octanol–water partition coefficient (Wildman–Crippen LogP) is 2.92. The van der Waals surface area contributed by atoms with Gasteiger partial charge in [0.15, 0.2) is 6.61 Å². The molecular weight excluding hydrogens is 398 g/mol. The zero-order chi connectivity index (χ0) is 23.0. The molecule has 1 aliphatic carbocycles. The molecule has 0 bridgehead atoms. The lowest BCUT2D eigenvalue weighted by atomic mass is 9.64. The van der Waals surface area contributed by atoms with E-state index in [0.717, 1.165) is 22.4 Å². The van der Waals surface area contributed by atoms with Gasteiger partial charge in [0, 0.05) is 5.69 Å². The molecule has 2 atom stereocenters. The number of carbonyl (C=O) groups excluding carboxylic acids is 4. The first kappa shape index (κ1) is 22.8. The maximum absolute atomic E-state index is 13.1. The molecule has 1 heterocycles. The maximum Gasteiger partial charge on any atom is 0.326 e. The molecule has 1 aliphatic heterocycles. The summed E-state index contributed by atoms with van der Waals surface area (Å²) in [6, 6.07) is 4.99. The molecule has 31 heavy (non-hydrogen) atoms. The zero-order valence-corrected chi connectivity index (χ0v) is 18.8. The Kier molecular flexibility index (Phi) is 6.11. The number of ether oxygens (including phenoxy) is 1. The third-order valence-corrected chi connectivity index (χ3v) is 5.93. The molecule has 2 aliphatic rings. The quantitative estimate of drug-likeness (QED) is 0.553. The van der Waals surface area contributed by atoms with Crippen LogP contribution in [0.3, 0.4) is 0 Å². The number of nitrogens with one attached hydrogen (secondary N) is 2. The molecule has 0 aromatic heterocycles. The van der Waals surface area contributed by atoms with Crippen molar-refractivity contribution in [1.29, 1.82) is 0 Å². The lowest BCUT2D eigenvalue weighted by molar-refractivity contribution is -0.150. The van der Waals surface area contributed by atoms with Crippen LogP contribution in [0.2, 0.25) is 0 Å². The third-order valence-electron chi connectivity index (χ3n) is 5.93. The van der Waals surface area contributed by atoms with Gasteiger partial charge >= 0.3 is 12.0 Å². The predicted molar refractivity (Wildman–Crippen MR) is 115 cm³/mol. The van der Waals surface area contributed by atoms with E-state index in [4.69, 9.17) is 4.74 Å². The highest BCUT2D eigenvalue weighted by molar-refractivity contribution is 6.09. The van der Waals surface area contributed by atoms with Crippen LogP contribution in [0.25, 0.3) is 0 Å². The van der Waals surface area contributed by atoms with Gasteiger partial charge < -0.3 is 15.4 Å². The molecule has 3 rings (SSSR count). The highest BCUT2D eigenvalue weighted by Crippen LogP contribution is 2.46. The topological polar surface area (TPSA) is 105 Å². The van der Waals surface area contributed by atoms with Gasteiger partial charge in [0.1, 0.15) is 12.1 Å². The summed E-state index contributed by atoms with van der Waals surface area (Å²) < 4.78 is 5.01. The SMILES string of the molecule is Cc1ccc(NC(=O)COC(=O)CN2C(=O)N[C@@]3(C[C@@H](C)CC(C)(C)C3)C2=O)c(C)c1. The van der Waals surface area contributed by atoms with Gasteiger partial charge in [-0.05, 0) is 56.1 Å². The summed E-state index contributed by atoms with van der Waals surface area (Å²) >= 11 is 0. The molecule has 0 radical (unpaired) electrons. The van der Waals surface area contributed by atoms with Crippen molar-refractivity contribution in [2.75, 3.05) is 18.5 Å². The fraction of sp³-hybridized carbons (Fsp3) is 0.565. The van der Waals surface area contributed by atoms with Gasteiger partial charge in [0.2, 0.25) is 0 Å². The molecule has 1 aromatic carbocycles. The van der Waals surface area contributed by atoms with Crippen molar-refractivity contribution < 1.29 is 23.9 Å². The van der Waals surface area contributed by atoms with Gasteiger partial charge in [-0.2, -0.15) is 0 Å². The number of esters is 1.